The number of rotatable bonds is 5. The average molecular weight is 181 g/mol. The molecule has 1 atom stereocenters. The first-order valence-corrected chi connectivity index (χ1v) is 5.77. The van der Waals surface area contributed by atoms with Crippen molar-refractivity contribution < 1.29 is 0 Å². The van der Waals surface area contributed by atoms with Crippen LogP contribution in [0.5, 0.6) is 0 Å². The Morgan fingerprint density at radius 2 is 2.31 bits per heavy atom. The first kappa shape index (κ1) is 10.8. The Balaban J connectivity index is 2.32. The fourth-order valence-corrected chi connectivity index (χ4v) is 1.93. The van der Waals surface area contributed by atoms with E-state index in [1.165, 1.54) is 38.6 Å². The van der Waals surface area contributed by atoms with Crippen LogP contribution in [0.1, 0.15) is 46.0 Å². The Kier molecular flexibility index (Phi) is 5.14. The Morgan fingerprint density at radius 1 is 1.46 bits per heavy atom. The first-order valence-electron chi connectivity index (χ1n) is 5.77. The van der Waals surface area contributed by atoms with E-state index in [0.29, 0.717) is 0 Å². The molecule has 1 unspecified atom stereocenters. The molecular weight excluding hydrogens is 158 g/mol. The molecule has 0 aromatic rings. The maximum Gasteiger partial charge on any atom is 0.0165 e. The van der Waals surface area contributed by atoms with E-state index in [4.69, 9.17) is 0 Å². The molecule has 1 saturated heterocycles. The summed E-state index contributed by atoms with van der Waals surface area (Å²) < 4.78 is 0. The topological polar surface area (TPSA) is 12.0 Å². The van der Waals surface area contributed by atoms with E-state index >= 15 is 0 Å². The largest absolute Gasteiger partial charge is 0.313 e. The number of hydrogen-bond donors (Lipinski definition) is 1. The van der Waals surface area contributed by atoms with Gasteiger partial charge >= 0.3 is 0 Å². The van der Waals surface area contributed by atoms with Crippen LogP contribution in [0, 0.1) is 5.92 Å². The third kappa shape index (κ3) is 3.95. The summed E-state index contributed by atoms with van der Waals surface area (Å²) in [7, 11) is 0. The second-order valence-electron chi connectivity index (χ2n) is 4.06. The quantitative estimate of drug-likeness (QED) is 0.643. The third-order valence-corrected chi connectivity index (χ3v) is 2.90. The van der Waals surface area contributed by atoms with Crippen molar-refractivity contribution in [2.45, 2.75) is 46.0 Å². The Labute approximate surface area is 82.6 Å². The van der Waals surface area contributed by atoms with Gasteiger partial charge in [-0.15, -0.1) is 0 Å². The zero-order valence-corrected chi connectivity index (χ0v) is 9.10. The standard InChI is InChI=1S/C12H23N/c1-3-5-6-11(4-2)9-12-7-8-13-10-12/h9,11,13H,3-8,10H2,1-2H3. The van der Waals surface area contributed by atoms with Gasteiger partial charge < -0.3 is 5.32 Å². The van der Waals surface area contributed by atoms with Crippen LogP contribution >= 0.6 is 0 Å². The van der Waals surface area contributed by atoms with Gasteiger partial charge in [0.25, 0.3) is 0 Å². The summed E-state index contributed by atoms with van der Waals surface area (Å²) in [6.07, 6.45) is 9.21. The molecule has 0 bridgehead atoms. The van der Waals surface area contributed by atoms with Crippen molar-refractivity contribution in [3.05, 3.63) is 11.6 Å². The number of nitrogens with one attached hydrogen (secondary N) is 1. The van der Waals surface area contributed by atoms with Crippen molar-refractivity contribution in [2.24, 2.45) is 5.92 Å². The molecule has 1 aliphatic rings. The Bertz CT molecular complexity index is 153. The zero-order valence-electron chi connectivity index (χ0n) is 9.10. The fraction of sp³-hybridized carbons (Fsp3) is 0.833. The van der Waals surface area contributed by atoms with Crippen LogP contribution in [-0.2, 0) is 0 Å². The summed E-state index contributed by atoms with van der Waals surface area (Å²) in [6.45, 7) is 6.91. The van der Waals surface area contributed by atoms with Gasteiger partial charge in [-0.2, -0.15) is 0 Å². The van der Waals surface area contributed by atoms with Crippen molar-refractivity contribution in [3.8, 4) is 0 Å². The molecule has 0 saturated carbocycles. The minimum atomic E-state index is 0.842. The number of allylic oxidation sites excluding steroid dienone is 1. The maximum absolute atomic E-state index is 3.39. The summed E-state index contributed by atoms with van der Waals surface area (Å²) in [4.78, 5) is 0. The number of hydrogen-bond acceptors (Lipinski definition) is 1. The third-order valence-electron chi connectivity index (χ3n) is 2.90. The minimum Gasteiger partial charge on any atom is -0.313 e. The van der Waals surface area contributed by atoms with E-state index in [1.54, 1.807) is 5.57 Å². The molecular formula is C12H23N. The molecule has 0 spiro atoms. The molecule has 0 radical (unpaired) electrons. The molecule has 1 nitrogen and oxygen atoms in total. The highest BCUT2D eigenvalue weighted by molar-refractivity contribution is 5.10. The van der Waals surface area contributed by atoms with Gasteiger partial charge in [-0.3, -0.25) is 0 Å². The normalized spacial score (nSPS) is 22.5. The van der Waals surface area contributed by atoms with Gasteiger partial charge in [-0.05, 0) is 31.7 Å². The monoisotopic (exact) mass is 181 g/mol. The molecule has 1 heteroatoms. The second kappa shape index (κ2) is 6.20. The Morgan fingerprint density at radius 3 is 2.85 bits per heavy atom. The highest BCUT2D eigenvalue weighted by Gasteiger charge is 2.08. The Hall–Kier alpha value is -0.300. The summed E-state index contributed by atoms with van der Waals surface area (Å²) >= 11 is 0. The van der Waals surface area contributed by atoms with E-state index in [1.807, 2.05) is 0 Å². The lowest BCUT2D eigenvalue weighted by molar-refractivity contribution is 0.537. The van der Waals surface area contributed by atoms with Crippen molar-refractivity contribution >= 4 is 0 Å². The summed E-state index contributed by atoms with van der Waals surface area (Å²) in [5, 5.41) is 3.39. The van der Waals surface area contributed by atoms with Gasteiger partial charge in [0, 0.05) is 6.54 Å². The van der Waals surface area contributed by atoms with E-state index in [0.717, 1.165) is 12.5 Å². The van der Waals surface area contributed by atoms with E-state index in [2.05, 4.69) is 25.2 Å². The first-order chi connectivity index (χ1) is 6.36. The molecule has 0 aromatic carbocycles. The molecule has 0 aliphatic carbocycles. The lowest BCUT2D eigenvalue weighted by atomic mass is 9.96. The average Bonchev–Trinajstić information content (AvgIpc) is 2.64. The summed E-state index contributed by atoms with van der Waals surface area (Å²) in [5.41, 5.74) is 1.64. The summed E-state index contributed by atoms with van der Waals surface area (Å²) in [6, 6.07) is 0. The van der Waals surface area contributed by atoms with Crippen molar-refractivity contribution in [1.82, 2.24) is 5.32 Å². The predicted molar refractivity (Wildman–Crippen MR) is 58.9 cm³/mol. The fourth-order valence-electron chi connectivity index (χ4n) is 1.93. The summed E-state index contributed by atoms with van der Waals surface area (Å²) in [5.74, 6) is 0.842. The van der Waals surface area contributed by atoms with E-state index in [9.17, 15) is 0 Å². The molecule has 13 heavy (non-hydrogen) atoms. The van der Waals surface area contributed by atoms with Crippen LogP contribution in [0.4, 0.5) is 0 Å². The van der Waals surface area contributed by atoms with Gasteiger partial charge in [-0.1, -0.05) is 38.3 Å². The maximum atomic E-state index is 3.39. The van der Waals surface area contributed by atoms with Crippen LogP contribution in [0.3, 0.4) is 0 Å². The molecule has 1 heterocycles. The van der Waals surface area contributed by atoms with Crippen molar-refractivity contribution in [1.29, 1.82) is 0 Å². The van der Waals surface area contributed by atoms with E-state index in [-0.39, 0.29) is 0 Å². The SMILES string of the molecule is CCCCC(C=C1CCNC1)CC. The van der Waals surface area contributed by atoms with Gasteiger partial charge in [0.1, 0.15) is 0 Å². The lowest BCUT2D eigenvalue weighted by Crippen LogP contribution is -2.05. The molecule has 1 aliphatic heterocycles. The minimum absolute atomic E-state index is 0.842. The highest BCUT2D eigenvalue weighted by atomic mass is 14.9. The van der Waals surface area contributed by atoms with Crippen LogP contribution in [-0.4, -0.2) is 13.1 Å². The smallest absolute Gasteiger partial charge is 0.0165 e. The molecule has 1 N–H and O–H groups in total. The molecule has 0 aromatic heterocycles. The van der Waals surface area contributed by atoms with E-state index < -0.39 is 0 Å². The van der Waals surface area contributed by atoms with Crippen molar-refractivity contribution in [3.63, 3.8) is 0 Å². The van der Waals surface area contributed by atoms with Crippen LogP contribution < -0.4 is 5.32 Å². The van der Waals surface area contributed by atoms with Gasteiger partial charge in [0.15, 0.2) is 0 Å². The molecule has 1 rings (SSSR count). The van der Waals surface area contributed by atoms with Crippen molar-refractivity contribution in [2.75, 3.05) is 13.1 Å². The second-order valence-corrected chi connectivity index (χ2v) is 4.06. The van der Waals surface area contributed by atoms with Gasteiger partial charge in [0.05, 0.1) is 0 Å². The molecule has 1 fully saturated rings. The van der Waals surface area contributed by atoms with Gasteiger partial charge in [0.2, 0.25) is 0 Å². The van der Waals surface area contributed by atoms with Gasteiger partial charge in [-0.25, -0.2) is 0 Å². The molecule has 76 valence electrons. The zero-order chi connectivity index (χ0) is 9.52. The number of unbranched alkanes of at least 4 members (excludes halogenated alkanes) is 1. The predicted octanol–water partition coefficient (Wildman–Crippen LogP) is 3.12. The lowest BCUT2D eigenvalue weighted by Gasteiger charge is -2.10. The van der Waals surface area contributed by atoms with Crippen LogP contribution in [0.15, 0.2) is 11.6 Å². The van der Waals surface area contributed by atoms with Crippen LogP contribution in [0.25, 0.3) is 0 Å². The van der Waals surface area contributed by atoms with Crippen LogP contribution in [0.2, 0.25) is 0 Å². The molecule has 0 amide bonds. The highest BCUT2D eigenvalue weighted by Crippen LogP contribution is 2.18.